The van der Waals surface area contributed by atoms with Crippen molar-refractivity contribution in [2.75, 3.05) is 0 Å². The molecule has 0 spiro atoms. The van der Waals surface area contributed by atoms with Crippen molar-refractivity contribution in [3.05, 3.63) is 12.2 Å². The van der Waals surface area contributed by atoms with Gasteiger partial charge in [0.25, 0.3) is 0 Å². The van der Waals surface area contributed by atoms with Crippen LogP contribution in [0.2, 0.25) is 0 Å². The predicted molar refractivity (Wildman–Crippen MR) is 33.2 cm³/mol. The summed E-state index contributed by atoms with van der Waals surface area (Å²) in [7, 11) is 0. The highest BCUT2D eigenvalue weighted by Crippen LogP contribution is 1.96. The van der Waals surface area contributed by atoms with Gasteiger partial charge in [-0.15, -0.1) is 0 Å². The monoisotopic (exact) mass is 148 g/mol. The summed E-state index contributed by atoms with van der Waals surface area (Å²) in [6.45, 7) is 4.10. The Morgan fingerprint density at radius 1 is 1.67 bits per heavy atom. The molecule has 0 aromatic heterocycles. The Bertz CT molecular complexity index is 45.9. The van der Waals surface area contributed by atoms with Gasteiger partial charge in [-0.25, -0.2) is 0 Å². The lowest BCUT2D eigenvalue weighted by Crippen LogP contribution is -1.76. The number of hydrogen-bond donors (Lipinski definition) is 0. The fourth-order valence-corrected chi connectivity index (χ4v) is 0.570. The van der Waals surface area contributed by atoms with Crippen LogP contribution in [0.3, 0.4) is 0 Å². The van der Waals surface area contributed by atoms with Gasteiger partial charge in [-0.3, -0.25) is 0 Å². The molecule has 0 saturated carbocycles. The third kappa shape index (κ3) is 4.22. The van der Waals surface area contributed by atoms with Crippen molar-refractivity contribution in [2.24, 2.45) is 0 Å². The number of alkyl halides is 1. The number of rotatable bonds is 1. The SMILES string of the molecule is C/C=C\C(C)Br. The van der Waals surface area contributed by atoms with Gasteiger partial charge < -0.3 is 0 Å². The molecule has 1 heteroatoms. The van der Waals surface area contributed by atoms with Crippen molar-refractivity contribution in [3.8, 4) is 0 Å². The topological polar surface area (TPSA) is 0 Å². The van der Waals surface area contributed by atoms with E-state index in [0.717, 1.165) is 0 Å². The standard InChI is InChI=1S/C5H9Br/c1-3-4-5(2)6/h3-5H,1-2H3/b4-3-. The van der Waals surface area contributed by atoms with Crippen LogP contribution in [0.4, 0.5) is 0 Å². The molecule has 0 bridgehead atoms. The van der Waals surface area contributed by atoms with E-state index in [1.54, 1.807) is 0 Å². The minimum atomic E-state index is 0.530. The van der Waals surface area contributed by atoms with Gasteiger partial charge >= 0.3 is 0 Å². The van der Waals surface area contributed by atoms with E-state index in [9.17, 15) is 0 Å². The zero-order chi connectivity index (χ0) is 4.99. The quantitative estimate of drug-likeness (QED) is 0.396. The maximum Gasteiger partial charge on any atom is 0.0296 e. The molecule has 0 nitrogen and oxygen atoms in total. The summed E-state index contributed by atoms with van der Waals surface area (Å²) < 4.78 is 0. The van der Waals surface area contributed by atoms with Gasteiger partial charge in [0.2, 0.25) is 0 Å². The van der Waals surface area contributed by atoms with Crippen LogP contribution < -0.4 is 0 Å². The number of hydrogen-bond acceptors (Lipinski definition) is 0. The molecule has 0 aromatic rings. The molecule has 1 atom stereocenters. The molecule has 0 radical (unpaired) electrons. The van der Waals surface area contributed by atoms with Crippen LogP contribution in [0.15, 0.2) is 12.2 Å². The second-order valence-electron chi connectivity index (χ2n) is 1.20. The molecule has 0 aromatic carbocycles. The summed E-state index contributed by atoms with van der Waals surface area (Å²) in [6.07, 6.45) is 4.11. The largest absolute Gasteiger partial charge is 0.0906 e. The first-order valence-corrected chi connectivity index (χ1v) is 2.96. The Morgan fingerprint density at radius 3 is 2.17 bits per heavy atom. The molecule has 0 rings (SSSR count). The molecule has 0 amide bonds. The molecule has 0 saturated heterocycles. The minimum Gasteiger partial charge on any atom is -0.0906 e. The summed E-state index contributed by atoms with van der Waals surface area (Å²) in [4.78, 5) is 0.530. The van der Waals surface area contributed by atoms with Crippen LogP contribution in [0.25, 0.3) is 0 Å². The van der Waals surface area contributed by atoms with E-state index in [-0.39, 0.29) is 0 Å². The lowest BCUT2D eigenvalue weighted by Gasteiger charge is -1.84. The Balaban J connectivity index is 3.03. The number of allylic oxidation sites excluding steroid dienone is 2. The molecular formula is C5H9Br. The third-order valence-corrected chi connectivity index (χ3v) is 0.763. The van der Waals surface area contributed by atoms with Crippen molar-refractivity contribution in [3.63, 3.8) is 0 Å². The molecule has 0 N–H and O–H groups in total. The van der Waals surface area contributed by atoms with Crippen LogP contribution in [0.1, 0.15) is 13.8 Å². The Kier molecular flexibility index (Phi) is 3.54. The van der Waals surface area contributed by atoms with Gasteiger partial charge in [-0.2, -0.15) is 0 Å². The van der Waals surface area contributed by atoms with Gasteiger partial charge in [0.1, 0.15) is 0 Å². The average Bonchev–Trinajstić information content (AvgIpc) is 1.35. The molecule has 0 aliphatic rings. The smallest absolute Gasteiger partial charge is 0.0296 e. The summed E-state index contributed by atoms with van der Waals surface area (Å²) in [6, 6.07) is 0. The van der Waals surface area contributed by atoms with Gasteiger partial charge in [0.15, 0.2) is 0 Å². The van der Waals surface area contributed by atoms with E-state index in [0.29, 0.717) is 4.83 Å². The van der Waals surface area contributed by atoms with Crippen LogP contribution in [-0.2, 0) is 0 Å². The zero-order valence-electron chi connectivity index (χ0n) is 4.11. The summed E-state index contributed by atoms with van der Waals surface area (Å²) >= 11 is 3.35. The van der Waals surface area contributed by atoms with Crippen molar-refractivity contribution in [1.29, 1.82) is 0 Å². The third-order valence-electron chi connectivity index (χ3n) is 0.458. The van der Waals surface area contributed by atoms with Crippen molar-refractivity contribution >= 4 is 15.9 Å². The van der Waals surface area contributed by atoms with Crippen LogP contribution in [-0.4, -0.2) is 4.83 Å². The zero-order valence-corrected chi connectivity index (χ0v) is 5.70. The Morgan fingerprint density at radius 2 is 2.17 bits per heavy atom. The lowest BCUT2D eigenvalue weighted by molar-refractivity contribution is 1.27. The van der Waals surface area contributed by atoms with Crippen molar-refractivity contribution in [1.82, 2.24) is 0 Å². The molecular weight excluding hydrogens is 140 g/mol. The van der Waals surface area contributed by atoms with Crippen molar-refractivity contribution in [2.45, 2.75) is 18.7 Å². The molecule has 0 aliphatic heterocycles. The highest BCUT2D eigenvalue weighted by molar-refractivity contribution is 9.09. The Hall–Kier alpha value is 0.220. The highest BCUT2D eigenvalue weighted by Gasteiger charge is 1.79. The molecule has 0 fully saturated rings. The van der Waals surface area contributed by atoms with E-state index >= 15 is 0 Å². The van der Waals surface area contributed by atoms with Crippen LogP contribution >= 0.6 is 15.9 Å². The Labute approximate surface area is 47.4 Å². The van der Waals surface area contributed by atoms with Crippen LogP contribution in [0.5, 0.6) is 0 Å². The van der Waals surface area contributed by atoms with E-state index in [1.165, 1.54) is 0 Å². The minimum absolute atomic E-state index is 0.530. The second-order valence-corrected chi connectivity index (χ2v) is 2.65. The maximum absolute atomic E-state index is 3.35. The van der Waals surface area contributed by atoms with Crippen molar-refractivity contribution < 1.29 is 0 Å². The fraction of sp³-hybridized carbons (Fsp3) is 0.600. The molecule has 1 unspecified atom stereocenters. The summed E-state index contributed by atoms with van der Waals surface area (Å²) in [5, 5.41) is 0. The fourth-order valence-electron chi connectivity index (χ4n) is 0.265. The van der Waals surface area contributed by atoms with E-state index in [4.69, 9.17) is 0 Å². The first-order valence-electron chi connectivity index (χ1n) is 2.04. The molecule has 6 heavy (non-hydrogen) atoms. The number of halogens is 1. The summed E-state index contributed by atoms with van der Waals surface area (Å²) in [5.74, 6) is 0. The molecule has 0 heterocycles. The van der Waals surface area contributed by atoms with Gasteiger partial charge in [0, 0.05) is 4.83 Å². The molecule has 0 aliphatic carbocycles. The van der Waals surface area contributed by atoms with Gasteiger partial charge in [-0.05, 0) is 13.8 Å². The first-order chi connectivity index (χ1) is 2.77. The van der Waals surface area contributed by atoms with E-state index in [1.807, 2.05) is 13.0 Å². The molecule has 36 valence electrons. The van der Waals surface area contributed by atoms with Gasteiger partial charge in [0.05, 0.1) is 0 Å². The predicted octanol–water partition coefficient (Wildman–Crippen LogP) is 2.35. The van der Waals surface area contributed by atoms with Crippen LogP contribution in [0, 0.1) is 0 Å². The normalized spacial score (nSPS) is 15.8. The highest BCUT2D eigenvalue weighted by atomic mass is 79.9. The van der Waals surface area contributed by atoms with E-state index in [2.05, 4.69) is 28.9 Å². The van der Waals surface area contributed by atoms with E-state index < -0.39 is 0 Å². The van der Waals surface area contributed by atoms with Gasteiger partial charge in [-0.1, -0.05) is 28.1 Å². The second kappa shape index (κ2) is 3.41. The lowest BCUT2D eigenvalue weighted by atomic mass is 10.4. The average molecular weight is 149 g/mol. The first kappa shape index (κ1) is 6.22. The maximum atomic E-state index is 3.35. The summed E-state index contributed by atoms with van der Waals surface area (Å²) in [5.41, 5.74) is 0.